The summed E-state index contributed by atoms with van der Waals surface area (Å²) in [6.07, 6.45) is 6.16. The number of imidazole rings is 1. The van der Waals surface area contributed by atoms with E-state index < -0.39 is 60.4 Å². The third-order valence-electron chi connectivity index (χ3n) is 18.3. The molecule has 13 rings (SSSR count). The third-order valence-corrected chi connectivity index (χ3v) is 18.3. The van der Waals surface area contributed by atoms with Crippen LogP contribution in [0.15, 0.2) is 236 Å². The Morgan fingerprint density at radius 1 is 0.415 bits per heavy atom. The molecule has 94 heavy (non-hydrogen) atoms. The van der Waals surface area contributed by atoms with Gasteiger partial charge in [-0.2, -0.15) is 0 Å². The molecule has 0 spiro atoms. The third kappa shape index (κ3) is 12.9. The van der Waals surface area contributed by atoms with Crippen molar-refractivity contribution in [3.05, 3.63) is 276 Å². The molecule has 0 aliphatic carbocycles. The SMILES string of the molecule is [2H]c1c([2H])c([2H])c(-c2cccc(-c3c([2H])c([2H])c([2H])c([2H])c3[2H])c2CCC[n+]2[c-]n(-c3cccc(Oc4ccc5c6cc(-c7cc(-c8cc(C(C)(C)C)cc(C(C)(C)C)c8)cc(-c8cc(C(C)(C)C)cc(C(C)(C)C)c8)c7)ccc6n(-c6cc(C(C)(C)C)ccn6)c5c4)c3)c3ccccc32)c([2H])c1[2H]. The molecule has 0 unspecified atom stereocenters. The number of rotatable bonds is 13. The van der Waals surface area contributed by atoms with Crippen LogP contribution in [0.25, 0.3) is 100.0 Å². The van der Waals surface area contributed by atoms with Gasteiger partial charge in [-0.05, 0) is 196 Å². The molecule has 0 amide bonds. The van der Waals surface area contributed by atoms with Gasteiger partial charge in [0, 0.05) is 23.0 Å². The molecule has 5 nitrogen and oxygen atoms in total. The van der Waals surface area contributed by atoms with Gasteiger partial charge >= 0.3 is 0 Å². The van der Waals surface area contributed by atoms with E-state index in [1.807, 2.05) is 69.9 Å². The van der Waals surface area contributed by atoms with Crippen LogP contribution >= 0.6 is 0 Å². The molecule has 0 saturated carbocycles. The molecular weight excluding hydrogens is 1140 g/mol. The molecule has 0 radical (unpaired) electrons. The molecule has 472 valence electrons. The van der Waals surface area contributed by atoms with E-state index >= 15 is 0 Å². The van der Waals surface area contributed by atoms with Gasteiger partial charge in [-0.1, -0.05) is 261 Å². The summed E-state index contributed by atoms with van der Waals surface area (Å²) in [4.78, 5) is 5.10. The van der Waals surface area contributed by atoms with E-state index in [1.165, 1.54) is 33.4 Å². The standard InChI is InChI=1S/C89H90N4O/c1-85(2,3)67-42-43-90-84(55-67)93-80-41-38-61(62-45-63(65-48-68(86(4,5)6)53-69(49-65)87(7,8)9)47-64(46-62)66-50-70(88(10,11)12)54-71(51-66)89(13,14)15)52-79(80)78-40-39-74(57-83(78)93)94-73-32-24-31-72(56-73)92-58-91(81-36-22-23-37-82(81)92)44-26-35-77-75(59-27-18-16-19-28-59)33-25-34-76(77)60-29-20-17-21-30-60/h16-25,27-34,36-43,45-57H,26,35,44H2,1-15H3/i16D,17D,18D,19D,20D,21D,27D,28D,29D,30D. The number of benzene rings is 10. The van der Waals surface area contributed by atoms with Crippen molar-refractivity contribution in [2.24, 2.45) is 0 Å². The number of nitrogens with zero attached hydrogens (tertiary/aromatic N) is 4. The number of para-hydroxylation sites is 2. The van der Waals surface area contributed by atoms with Gasteiger partial charge in [-0.3, -0.25) is 4.57 Å². The quantitative estimate of drug-likeness (QED) is 0.0852. The molecule has 0 atom stereocenters. The highest BCUT2D eigenvalue weighted by Crippen LogP contribution is 2.44. The Labute approximate surface area is 572 Å². The van der Waals surface area contributed by atoms with Gasteiger partial charge in [0.05, 0.1) is 48.0 Å². The fourth-order valence-electron chi connectivity index (χ4n) is 12.8. The van der Waals surface area contributed by atoms with Gasteiger partial charge in [-0.25, -0.2) is 4.98 Å². The Balaban J connectivity index is 0.892. The number of aryl methyl sites for hydroxylation is 1. The lowest BCUT2D eigenvalue weighted by Crippen LogP contribution is -2.33. The maximum Gasteiger partial charge on any atom is 0.244 e. The lowest BCUT2D eigenvalue weighted by atomic mass is 9.78. The van der Waals surface area contributed by atoms with Crippen LogP contribution in [0, 0.1) is 6.33 Å². The van der Waals surface area contributed by atoms with E-state index in [9.17, 15) is 0 Å². The van der Waals surface area contributed by atoms with Gasteiger partial charge in [0.1, 0.15) is 17.3 Å². The van der Waals surface area contributed by atoms with Gasteiger partial charge in [-0.15, -0.1) is 0 Å². The number of pyridine rings is 1. The Hall–Kier alpha value is -9.58. The first kappa shape index (κ1) is 51.9. The summed E-state index contributed by atoms with van der Waals surface area (Å²) in [5, 5.41) is 2.12. The molecule has 3 heterocycles. The zero-order chi connectivity index (χ0) is 74.8. The van der Waals surface area contributed by atoms with E-state index in [0.29, 0.717) is 41.2 Å². The summed E-state index contributed by atoms with van der Waals surface area (Å²) in [7, 11) is 0. The maximum absolute atomic E-state index is 8.99. The minimum absolute atomic E-state index is 0.0363. The average molecular weight is 1240 g/mol. The van der Waals surface area contributed by atoms with Gasteiger partial charge in [0.15, 0.2) is 0 Å². The Kier molecular flexibility index (Phi) is 13.5. The first-order valence-electron chi connectivity index (χ1n) is 37.9. The van der Waals surface area contributed by atoms with Crippen molar-refractivity contribution in [2.75, 3.05) is 0 Å². The summed E-state index contributed by atoms with van der Waals surface area (Å²) in [6.45, 7) is 34.7. The van der Waals surface area contributed by atoms with Crippen LogP contribution < -0.4 is 9.30 Å². The largest absolute Gasteiger partial charge is 0.458 e. The predicted molar refractivity (Wildman–Crippen MR) is 396 cm³/mol. The van der Waals surface area contributed by atoms with Crippen molar-refractivity contribution < 1.29 is 23.0 Å². The Morgan fingerprint density at radius 2 is 0.936 bits per heavy atom. The monoisotopic (exact) mass is 1240 g/mol. The van der Waals surface area contributed by atoms with E-state index in [4.69, 9.17) is 23.4 Å². The molecule has 10 aromatic carbocycles. The second-order valence-electron chi connectivity index (χ2n) is 30.4. The van der Waals surface area contributed by atoms with E-state index in [0.717, 1.165) is 72.2 Å². The van der Waals surface area contributed by atoms with E-state index in [1.54, 1.807) is 18.2 Å². The Morgan fingerprint density at radius 3 is 1.50 bits per heavy atom. The molecular formula is C89H90N4O. The number of hydrogen-bond donors (Lipinski definition) is 0. The molecule has 0 bridgehead atoms. The minimum Gasteiger partial charge on any atom is -0.458 e. The number of hydrogen-bond acceptors (Lipinski definition) is 2. The first-order chi connectivity index (χ1) is 48.8. The zero-order valence-electron chi connectivity index (χ0n) is 67.1. The second-order valence-corrected chi connectivity index (χ2v) is 30.4. The predicted octanol–water partition coefficient (Wildman–Crippen LogP) is 23.5. The topological polar surface area (TPSA) is 35.9 Å². The van der Waals surface area contributed by atoms with Crippen LogP contribution in [-0.4, -0.2) is 14.1 Å². The van der Waals surface area contributed by atoms with Gasteiger partial charge in [0.25, 0.3) is 0 Å². The van der Waals surface area contributed by atoms with E-state index in [-0.39, 0.29) is 44.6 Å². The van der Waals surface area contributed by atoms with Crippen molar-refractivity contribution in [3.63, 3.8) is 0 Å². The first-order valence-corrected chi connectivity index (χ1v) is 32.9. The highest BCUT2D eigenvalue weighted by Gasteiger charge is 2.26. The lowest BCUT2D eigenvalue weighted by molar-refractivity contribution is -0.676. The second kappa shape index (κ2) is 24.4. The van der Waals surface area contributed by atoms with Crippen LogP contribution in [0.4, 0.5) is 0 Å². The molecule has 0 fully saturated rings. The van der Waals surface area contributed by atoms with Crippen molar-refractivity contribution in [2.45, 2.75) is 150 Å². The fourth-order valence-corrected chi connectivity index (χ4v) is 12.8. The van der Waals surface area contributed by atoms with Crippen LogP contribution in [0.5, 0.6) is 11.5 Å². The molecule has 0 aliphatic rings. The van der Waals surface area contributed by atoms with Gasteiger partial charge in [0.2, 0.25) is 6.33 Å². The van der Waals surface area contributed by atoms with Crippen LogP contribution in [-0.2, 0) is 40.0 Å². The van der Waals surface area contributed by atoms with Crippen LogP contribution in [0.3, 0.4) is 0 Å². The highest BCUT2D eigenvalue weighted by molar-refractivity contribution is 6.11. The van der Waals surface area contributed by atoms with E-state index in [2.05, 4.69) is 212 Å². The number of aromatic nitrogens is 4. The highest BCUT2D eigenvalue weighted by atomic mass is 16.5. The zero-order valence-corrected chi connectivity index (χ0v) is 57.1. The summed E-state index contributed by atoms with van der Waals surface area (Å²) >= 11 is 0. The van der Waals surface area contributed by atoms with Crippen molar-refractivity contribution in [1.82, 2.24) is 14.1 Å². The smallest absolute Gasteiger partial charge is 0.244 e. The molecule has 0 N–H and O–H groups in total. The summed E-state index contributed by atoms with van der Waals surface area (Å²) < 4.78 is 100. The molecule has 5 heteroatoms. The molecule has 13 aromatic rings. The normalized spacial score (nSPS) is 14.0. The molecule has 3 aromatic heterocycles. The van der Waals surface area contributed by atoms with Crippen LogP contribution in [0.1, 0.15) is 157 Å². The average Bonchev–Trinajstić information content (AvgIpc) is 0.924. The number of ether oxygens (including phenoxy) is 1. The summed E-state index contributed by atoms with van der Waals surface area (Å²) in [6, 6.07) is 55.2. The van der Waals surface area contributed by atoms with Crippen LogP contribution in [0.2, 0.25) is 0 Å². The molecule has 0 aliphatic heterocycles. The summed E-state index contributed by atoms with van der Waals surface area (Å²) in [5.41, 5.74) is 18.3. The van der Waals surface area contributed by atoms with Crippen molar-refractivity contribution in [3.8, 4) is 78.6 Å². The van der Waals surface area contributed by atoms with Gasteiger partial charge < -0.3 is 13.9 Å². The molecule has 0 saturated heterocycles. The summed E-state index contributed by atoms with van der Waals surface area (Å²) in [5.74, 6) is 2.03. The lowest BCUT2D eigenvalue weighted by Gasteiger charge is -2.27. The van der Waals surface area contributed by atoms with Crippen molar-refractivity contribution in [1.29, 1.82) is 0 Å². The Bertz CT molecular complexity index is 5310. The fraction of sp³-hybridized carbons (Fsp3) is 0.258. The number of fused-ring (bicyclic) bond motifs is 4. The maximum atomic E-state index is 8.99. The van der Waals surface area contributed by atoms with Crippen molar-refractivity contribution >= 4 is 32.8 Å². The minimum atomic E-state index is -0.534.